The lowest BCUT2D eigenvalue weighted by Gasteiger charge is -2.41. The first kappa shape index (κ1) is 15.7. The van der Waals surface area contributed by atoms with Gasteiger partial charge in [0, 0.05) is 26.6 Å². The van der Waals surface area contributed by atoms with Gasteiger partial charge >= 0.3 is 0 Å². The molecule has 2 amide bonds. The predicted octanol–water partition coefficient (Wildman–Crippen LogP) is 2.50. The smallest absolute Gasteiger partial charge is 0.265 e. The molecule has 1 aromatic carbocycles. The number of carbonyl (C=O) groups excluding carboxylic acids is 2. The second kappa shape index (κ2) is 6.50. The first-order valence-corrected chi connectivity index (χ1v) is 8.47. The Hall–Kier alpha value is -2.21. The van der Waals surface area contributed by atoms with E-state index in [1.807, 2.05) is 47.1 Å². The summed E-state index contributed by atoms with van der Waals surface area (Å²) >= 11 is 1.37. The molecule has 120 valence electrons. The third kappa shape index (κ3) is 3.12. The van der Waals surface area contributed by atoms with Crippen LogP contribution in [0.3, 0.4) is 0 Å². The van der Waals surface area contributed by atoms with E-state index in [-0.39, 0.29) is 17.9 Å². The Balaban J connectivity index is 1.85. The zero-order valence-corrected chi connectivity index (χ0v) is 14.0. The Morgan fingerprint density at radius 1 is 1.22 bits per heavy atom. The van der Waals surface area contributed by atoms with E-state index < -0.39 is 0 Å². The molecule has 1 atom stereocenters. The van der Waals surface area contributed by atoms with E-state index in [0.29, 0.717) is 24.5 Å². The second-order valence-electron chi connectivity index (χ2n) is 5.66. The molecule has 1 saturated heterocycles. The summed E-state index contributed by atoms with van der Waals surface area (Å²) in [5.74, 6) is 0.0501. The Morgan fingerprint density at radius 2 is 1.96 bits per heavy atom. The van der Waals surface area contributed by atoms with E-state index in [4.69, 9.17) is 0 Å². The van der Waals surface area contributed by atoms with Gasteiger partial charge in [0.2, 0.25) is 5.91 Å². The van der Waals surface area contributed by atoms with Crippen molar-refractivity contribution in [1.82, 2.24) is 14.8 Å². The lowest BCUT2D eigenvalue weighted by Crippen LogP contribution is -2.51. The number of piperazine rings is 1. The van der Waals surface area contributed by atoms with Crippen molar-refractivity contribution in [3.63, 3.8) is 0 Å². The normalized spacial score (nSPS) is 18.1. The lowest BCUT2D eigenvalue weighted by molar-refractivity contribution is -0.133. The zero-order chi connectivity index (χ0) is 16.4. The van der Waals surface area contributed by atoms with Crippen LogP contribution in [-0.4, -0.2) is 46.2 Å². The standard InChI is InChI=1S/C17H19N3O2S/c1-12-16(23-11-18-12)17(22)19-8-9-20(13(2)21)15(10-19)14-6-4-3-5-7-14/h3-7,11,15H,8-10H2,1-2H3/t15-/m1/s1. The molecule has 1 aliphatic rings. The van der Waals surface area contributed by atoms with E-state index in [9.17, 15) is 9.59 Å². The molecule has 0 spiro atoms. The number of hydrogen-bond donors (Lipinski definition) is 0. The summed E-state index contributed by atoms with van der Waals surface area (Å²) in [6.07, 6.45) is 0. The summed E-state index contributed by atoms with van der Waals surface area (Å²) in [4.78, 5) is 33.2. The van der Waals surface area contributed by atoms with Gasteiger partial charge in [-0.15, -0.1) is 11.3 Å². The van der Waals surface area contributed by atoms with Crippen LogP contribution in [0.4, 0.5) is 0 Å². The maximum Gasteiger partial charge on any atom is 0.265 e. The van der Waals surface area contributed by atoms with Gasteiger partial charge in [0.1, 0.15) is 4.88 Å². The summed E-state index contributed by atoms with van der Waals surface area (Å²) in [5, 5.41) is 0. The van der Waals surface area contributed by atoms with Gasteiger partial charge in [0.15, 0.2) is 0 Å². The maximum absolute atomic E-state index is 12.7. The van der Waals surface area contributed by atoms with Crippen LogP contribution in [0.2, 0.25) is 0 Å². The fraction of sp³-hybridized carbons (Fsp3) is 0.353. The topological polar surface area (TPSA) is 53.5 Å². The minimum Gasteiger partial charge on any atom is -0.334 e. The Kier molecular flexibility index (Phi) is 4.43. The summed E-state index contributed by atoms with van der Waals surface area (Å²) < 4.78 is 0. The van der Waals surface area contributed by atoms with Crippen molar-refractivity contribution in [3.8, 4) is 0 Å². The Labute approximate surface area is 139 Å². The van der Waals surface area contributed by atoms with Crippen LogP contribution in [0.1, 0.15) is 33.9 Å². The van der Waals surface area contributed by atoms with E-state index in [1.54, 1.807) is 12.4 Å². The van der Waals surface area contributed by atoms with Gasteiger partial charge in [0.25, 0.3) is 5.91 Å². The van der Waals surface area contributed by atoms with Crippen LogP contribution in [-0.2, 0) is 4.79 Å². The van der Waals surface area contributed by atoms with Gasteiger partial charge in [-0.2, -0.15) is 0 Å². The second-order valence-corrected chi connectivity index (χ2v) is 6.51. The summed E-state index contributed by atoms with van der Waals surface area (Å²) in [7, 11) is 0. The van der Waals surface area contributed by atoms with Gasteiger partial charge < -0.3 is 9.80 Å². The van der Waals surface area contributed by atoms with Crippen molar-refractivity contribution in [2.45, 2.75) is 19.9 Å². The number of aromatic nitrogens is 1. The highest BCUT2D eigenvalue weighted by Gasteiger charge is 2.33. The molecule has 5 nitrogen and oxygen atoms in total. The molecular formula is C17H19N3O2S. The van der Waals surface area contributed by atoms with Crippen molar-refractivity contribution in [2.75, 3.05) is 19.6 Å². The molecule has 23 heavy (non-hydrogen) atoms. The van der Waals surface area contributed by atoms with Crippen LogP contribution in [0, 0.1) is 6.92 Å². The van der Waals surface area contributed by atoms with Gasteiger partial charge in [-0.25, -0.2) is 4.98 Å². The van der Waals surface area contributed by atoms with E-state index in [2.05, 4.69) is 4.98 Å². The molecule has 2 heterocycles. The number of aryl methyl sites for hydroxylation is 1. The summed E-state index contributed by atoms with van der Waals surface area (Å²) in [6, 6.07) is 9.79. The van der Waals surface area contributed by atoms with E-state index in [1.165, 1.54) is 11.3 Å². The third-order valence-corrected chi connectivity index (χ3v) is 5.11. The maximum atomic E-state index is 12.7. The molecule has 0 saturated carbocycles. The molecule has 2 aromatic rings. The van der Waals surface area contributed by atoms with E-state index >= 15 is 0 Å². The number of nitrogens with zero attached hydrogens (tertiary/aromatic N) is 3. The Bertz CT molecular complexity index is 714. The van der Waals surface area contributed by atoms with E-state index in [0.717, 1.165) is 11.3 Å². The quantitative estimate of drug-likeness (QED) is 0.850. The largest absolute Gasteiger partial charge is 0.334 e. The molecular weight excluding hydrogens is 310 g/mol. The number of hydrogen-bond acceptors (Lipinski definition) is 4. The van der Waals surface area contributed by atoms with Crippen LogP contribution in [0.15, 0.2) is 35.8 Å². The molecule has 0 radical (unpaired) electrons. The van der Waals surface area contributed by atoms with Crippen molar-refractivity contribution in [1.29, 1.82) is 0 Å². The van der Waals surface area contributed by atoms with Crippen LogP contribution in [0.25, 0.3) is 0 Å². The first-order chi connectivity index (χ1) is 11.1. The van der Waals surface area contributed by atoms with Crippen molar-refractivity contribution < 1.29 is 9.59 Å². The monoisotopic (exact) mass is 329 g/mol. The molecule has 1 aliphatic heterocycles. The Morgan fingerprint density at radius 3 is 2.57 bits per heavy atom. The number of rotatable bonds is 2. The molecule has 0 aliphatic carbocycles. The zero-order valence-electron chi connectivity index (χ0n) is 13.2. The van der Waals surface area contributed by atoms with Crippen molar-refractivity contribution >= 4 is 23.2 Å². The highest BCUT2D eigenvalue weighted by molar-refractivity contribution is 7.11. The average molecular weight is 329 g/mol. The van der Waals surface area contributed by atoms with Gasteiger partial charge in [0.05, 0.1) is 17.2 Å². The highest BCUT2D eigenvalue weighted by atomic mass is 32.1. The average Bonchev–Trinajstić information content (AvgIpc) is 3.00. The first-order valence-electron chi connectivity index (χ1n) is 7.59. The summed E-state index contributed by atoms with van der Waals surface area (Å²) in [6.45, 7) is 5.06. The number of amides is 2. The number of thiazole rings is 1. The van der Waals surface area contributed by atoms with Gasteiger partial charge in [-0.05, 0) is 12.5 Å². The minimum atomic E-state index is -0.0976. The van der Waals surface area contributed by atoms with Crippen LogP contribution >= 0.6 is 11.3 Å². The third-order valence-electron chi connectivity index (χ3n) is 4.20. The SMILES string of the molecule is CC(=O)N1CCN(C(=O)c2scnc2C)C[C@@H]1c1ccccc1. The van der Waals surface area contributed by atoms with Gasteiger partial charge in [-0.3, -0.25) is 9.59 Å². The molecule has 6 heteroatoms. The highest BCUT2D eigenvalue weighted by Crippen LogP contribution is 2.27. The fourth-order valence-electron chi connectivity index (χ4n) is 2.96. The number of benzene rings is 1. The van der Waals surface area contributed by atoms with Crippen molar-refractivity contribution in [3.05, 3.63) is 52.0 Å². The lowest BCUT2D eigenvalue weighted by atomic mass is 10.0. The van der Waals surface area contributed by atoms with Gasteiger partial charge in [-0.1, -0.05) is 30.3 Å². The molecule has 0 N–H and O–H groups in total. The van der Waals surface area contributed by atoms with Crippen molar-refractivity contribution in [2.24, 2.45) is 0 Å². The molecule has 3 rings (SSSR count). The molecule has 1 aromatic heterocycles. The fourth-order valence-corrected chi connectivity index (χ4v) is 3.72. The summed E-state index contributed by atoms with van der Waals surface area (Å²) in [5.41, 5.74) is 3.52. The molecule has 0 unspecified atom stereocenters. The number of carbonyl (C=O) groups is 2. The van der Waals surface area contributed by atoms with Crippen LogP contribution in [0.5, 0.6) is 0 Å². The predicted molar refractivity (Wildman–Crippen MR) is 89.3 cm³/mol. The van der Waals surface area contributed by atoms with Crippen LogP contribution < -0.4 is 0 Å². The minimum absolute atomic E-state index is 0.00846. The molecule has 1 fully saturated rings. The molecule has 0 bridgehead atoms.